The number of methoxy groups -OCH3 is 1. The third kappa shape index (κ3) is 26.9. The SMILES string of the molecule is COCCCCN.N=CC=N. The first-order valence-electron chi connectivity index (χ1n) is 3.52. The van der Waals surface area contributed by atoms with Crippen molar-refractivity contribution in [3.8, 4) is 0 Å². The Labute approximate surface area is 67.8 Å². The quantitative estimate of drug-likeness (QED) is 0.406. The molecular formula is C7H17N3O. The summed E-state index contributed by atoms with van der Waals surface area (Å²) in [5.74, 6) is 0. The summed E-state index contributed by atoms with van der Waals surface area (Å²) < 4.78 is 4.79. The number of nitrogens with one attached hydrogen (secondary N) is 2. The van der Waals surface area contributed by atoms with Gasteiger partial charge in [-0.2, -0.15) is 0 Å². The third-order valence-electron chi connectivity index (χ3n) is 0.886. The van der Waals surface area contributed by atoms with E-state index < -0.39 is 0 Å². The number of ether oxygens (including phenoxy) is 1. The normalized spacial score (nSPS) is 7.82. The predicted molar refractivity (Wildman–Crippen MR) is 47.7 cm³/mol. The molecule has 11 heavy (non-hydrogen) atoms. The average molecular weight is 159 g/mol. The predicted octanol–water partition coefficient (Wildman–Crippen LogP) is 0.657. The molecule has 0 amide bonds. The lowest BCUT2D eigenvalue weighted by atomic mass is 10.3. The summed E-state index contributed by atoms with van der Waals surface area (Å²) in [6.07, 6.45) is 4.00. The van der Waals surface area contributed by atoms with Crippen LogP contribution in [0.25, 0.3) is 0 Å². The minimum absolute atomic E-state index is 0.781. The smallest absolute Gasteiger partial charge is 0.0462 e. The van der Waals surface area contributed by atoms with Crippen LogP contribution >= 0.6 is 0 Å². The van der Waals surface area contributed by atoms with Gasteiger partial charge >= 0.3 is 0 Å². The summed E-state index contributed by atoms with van der Waals surface area (Å²) >= 11 is 0. The zero-order valence-corrected chi connectivity index (χ0v) is 6.97. The van der Waals surface area contributed by atoms with E-state index in [0.29, 0.717) is 0 Å². The Morgan fingerprint density at radius 3 is 2.09 bits per heavy atom. The Morgan fingerprint density at radius 2 is 1.82 bits per heavy atom. The number of unbranched alkanes of at least 4 members (excludes halogenated alkanes) is 1. The molecular weight excluding hydrogens is 142 g/mol. The van der Waals surface area contributed by atoms with E-state index in [2.05, 4.69) is 0 Å². The van der Waals surface area contributed by atoms with Gasteiger partial charge in [-0.25, -0.2) is 0 Å². The van der Waals surface area contributed by atoms with Gasteiger partial charge in [-0.05, 0) is 19.4 Å². The summed E-state index contributed by atoms with van der Waals surface area (Å²) in [6, 6.07) is 0. The summed E-state index contributed by atoms with van der Waals surface area (Å²) in [7, 11) is 1.70. The maximum absolute atomic E-state index is 6.08. The zero-order chi connectivity index (χ0) is 8.95. The number of nitrogens with two attached hydrogens (primary N) is 1. The minimum Gasteiger partial charge on any atom is -0.385 e. The minimum atomic E-state index is 0.781. The molecule has 0 unspecified atom stereocenters. The van der Waals surface area contributed by atoms with E-state index in [1.165, 1.54) is 0 Å². The van der Waals surface area contributed by atoms with Crippen LogP contribution in [-0.2, 0) is 4.74 Å². The topological polar surface area (TPSA) is 83.0 Å². The van der Waals surface area contributed by atoms with Gasteiger partial charge < -0.3 is 21.3 Å². The lowest BCUT2D eigenvalue weighted by Crippen LogP contribution is -1.99. The van der Waals surface area contributed by atoms with Crippen molar-refractivity contribution >= 4 is 12.4 Å². The molecule has 0 heterocycles. The largest absolute Gasteiger partial charge is 0.385 e. The fraction of sp³-hybridized carbons (Fsp3) is 0.714. The molecule has 66 valence electrons. The maximum Gasteiger partial charge on any atom is 0.0462 e. The first-order chi connectivity index (χ1) is 5.33. The van der Waals surface area contributed by atoms with Gasteiger partial charge in [0.05, 0.1) is 0 Å². The van der Waals surface area contributed by atoms with Crippen molar-refractivity contribution < 1.29 is 4.74 Å². The van der Waals surface area contributed by atoms with Gasteiger partial charge in [-0.1, -0.05) is 0 Å². The van der Waals surface area contributed by atoms with Crippen LogP contribution in [0, 0.1) is 10.8 Å². The number of hydrogen-bond donors (Lipinski definition) is 3. The fourth-order valence-corrected chi connectivity index (χ4v) is 0.391. The van der Waals surface area contributed by atoms with Gasteiger partial charge in [0.15, 0.2) is 0 Å². The highest BCUT2D eigenvalue weighted by molar-refractivity contribution is 6.12. The summed E-state index contributed by atoms with van der Waals surface area (Å²) in [5.41, 5.74) is 5.21. The molecule has 0 aliphatic rings. The van der Waals surface area contributed by atoms with Crippen molar-refractivity contribution in [3.63, 3.8) is 0 Å². The Kier molecular flexibility index (Phi) is 18.9. The van der Waals surface area contributed by atoms with Crippen molar-refractivity contribution in [2.45, 2.75) is 12.8 Å². The second-order valence-corrected chi connectivity index (χ2v) is 1.82. The highest BCUT2D eigenvalue weighted by atomic mass is 16.5. The molecule has 0 saturated carbocycles. The fourth-order valence-electron chi connectivity index (χ4n) is 0.391. The highest BCUT2D eigenvalue weighted by Crippen LogP contribution is 1.83. The van der Waals surface area contributed by atoms with E-state index in [1.54, 1.807) is 7.11 Å². The molecule has 0 bridgehead atoms. The molecule has 0 radical (unpaired) electrons. The van der Waals surface area contributed by atoms with Crippen LogP contribution in [0.2, 0.25) is 0 Å². The Hall–Kier alpha value is -0.740. The molecule has 0 aliphatic carbocycles. The van der Waals surface area contributed by atoms with Crippen molar-refractivity contribution in [1.82, 2.24) is 0 Å². The molecule has 0 rings (SSSR count). The van der Waals surface area contributed by atoms with Gasteiger partial charge in [0, 0.05) is 26.1 Å². The molecule has 4 N–H and O–H groups in total. The van der Waals surface area contributed by atoms with Crippen LogP contribution < -0.4 is 5.73 Å². The molecule has 0 atom stereocenters. The molecule has 0 aromatic carbocycles. The second-order valence-electron chi connectivity index (χ2n) is 1.82. The molecule has 0 saturated heterocycles. The van der Waals surface area contributed by atoms with Crippen molar-refractivity contribution in [2.24, 2.45) is 5.73 Å². The molecule has 0 aromatic rings. The van der Waals surface area contributed by atoms with E-state index in [-0.39, 0.29) is 0 Å². The lowest BCUT2D eigenvalue weighted by molar-refractivity contribution is 0.193. The van der Waals surface area contributed by atoms with Crippen LogP contribution in [0.15, 0.2) is 0 Å². The van der Waals surface area contributed by atoms with Crippen molar-refractivity contribution in [1.29, 1.82) is 10.8 Å². The van der Waals surface area contributed by atoms with Crippen molar-refractivity contribution in [3.05, 3.63) is 0 Å². The van der Waals surface area contributed by atoms with E-state index in [9.17, 15) is 0 Å². The van der Waals surface area contributed by atoms with Gasteiger partial charge in [0.25, 0.3) is 0 Å². The Balaban J connectivity index is 0. The van der Waals surface area contributed by atoms with Gasteiger partial charge in [0.2, 0.25) is 0 Å². The third-order valence-corrected chi connectivity index (χ3v) is 0.886. The van der Waals surface area contributed by atoms with Crippen LogP contribution in [0.5, 0.6) is 0 Å². The highest BCUT2D eigenvalue weighted by Gasteiger charge is 1.79. The van der Waals surface area contributed by atoms with Crippen LogP contribution in [0.1, 0.15) is 12.8 Å². The first-order valence-corrected chi connectivity index (χ1v) is 3.52. The summed E-state index contributed by atoms with van der Waals surface area (Å²) in [6.45, 7) is 1.63. The van der Waals surface area contributed by atoms with E-state index in [4.69, 9.17) is 21.3 Å². The van der Waals surface area contributed by atoms with Crippen LogP contribution in [-0.4, -0.2) is 32.7 Å². The van der Waals surface area contributed by atoms with Gasteiger partial charge in [-0.3, -0.25) is 0 Å². The van der Waals surface area contributed by atoms with Crippen LogP contribution in [0.4, 0.5) is 0 Å². The van der Waals surface area contributed by atoms with E-state index >= 15 is 0 Å². The Morgan fingerprint density at radius 1 is 1.27 bits per heavy atom. The number of rotatable bonds is 5. The molecule has 0 spiro atoms. The van der Waals surface area contributed by atoms with Crippen molar-refractivity contribution in [2.75, 3.05) is 20.3 Å². The maximum atomic E-state index is 6.08. The van der Waals surface area contributed by atoms with Crippen LogP contribution in [0.3, 0.4) is 0 Å². The Bertz CT molecular complexity index is 75.8. The van der Waals surface area contributed by atoms with Gasteiger partial charge in [-0.15, -0.1) is 0 Å². The van der Waals surface area contributed by atoms with E-state index in [1.807, 2.05) is 0 Å². The summed E-state index contributed by atoms with van der Waals surface area (Å²) in [5, 5.41) is 12.2. The first kappa shape index (κ1) is 12.9. The molecule has 4 nitrogen and oxygen atoms in total. The monoisotopic (exact) mass is 159 g/mol. The second kappa shape index (κ2) is 16.1. The standard InChI is InChI=1S/C5H13NO.C2H4N2/c1-7-5-3-2-4-6;3-1-2-4/h2-6H2,1H3;1-4H. The molecule has 0 aromatic heterocycles. The number of hydrogen-bond acceptors (Lipinski definition) is 4. The molecule has 4 heteroatoms. The molecule has 0 fully saturated rings. The summed E-state index contributed by atoms with van der Waals surface area (Å²) in [4.78, 5) is 0. The van der Waals surface area contributed by atoms with E-state index in [0.717, 1.165) is 38.4 Å². The molecule has 0 aliphatic heterocycles. The lowest BCUT2D eigenvalue weighted by Gasteiger charge is -1.92. The van der Waals surface area contributed by atoms with Gasteiger partial charge in [0.1, 0.15) is 0 Å². The zero-order valence-electron chi connectivity index (χ0n) is 6.97. The average Bonchev–Trinajstić information content (AvgIpc) is 2.06.